The highest BCUT2D eigenvalue weighted by atomic mass is 16.6. The molecule has 2 N–H and O–H groups in total. The van der Waals surface area contributed by atoms with Gasteiger partial charge in [-0.2, -0.15) is 0 Å². The van der Waals surface area contributed by atoms with Gasteiger partial charge >= 0.3 is 6.09 Å². The van der Waals surface area contributed by atoms with Crippen molar-refractivity contribution in [2.75, 3.05) is 20.1 Å². The number of hydrogen-bond donors (Lipinski definition) is 1. The number of likely N-dealkylation sites (N-methyl/N-ethyl adjacent to an activating group) is 1. The minimum Gasteiger partial charge on any atom is -0.444 e. The van der Waals surface area contributed by atoms with Crippen LogP contribution < -0.4 is 5.73 Å². The van der Waals surface area contributed by atoms with Crippen LogP contribution in [0.1, 0.15) is 47.0 Å². The van der Waals surface area contributed by atoms with Gasteiger partial charge in [-0.15, -0.1) is 0 Å². The Morgan fingerprint density at radius 3 is 2.52 bits per heavy atom. The van der Waals surface area contributed by atoms with Gasteiger partial charge in [0, 0.05) is 26.2 Å². The van der Waals surface area contributed by atoms with Gasteiger partial charge in [-0.25, -0.2) is 4.79 Å². The molecule has 0 spiro atoms. The van der Waals surface area contributed by atoms with Crippen LogP contribution in [0, 0.1) is 0 Å². The zero-order chi connectivity index (χ0) is 16.2. The fourth-order valence-corrected chi connectivity index (χ4v) is 2.47. The Hall–Kier alpha value is -1.30. The SMILES string of the molecule is C[C@H](N)C(=O)N1CCCC[C@H]1CN(C)C(=O)OC(C)(C)C. The van der Waals surface area contributed by atoms with E-state index in [0.29, 0.717) is 13.1 Å². The molecule has 0 aromatic rings. The van der Waals surface area contributed by atoms with Crippen molar-refractivity contribution in [2.45, 2.75) is 64.6 Å². The van der Waals surface area contributed by atoms with Gasteiger partial charge in [0.1, 0.15) is 5.60 Å². The van der Waals surface area contributed by atoms with E-state index >= 15 is 0 Å². The lowest BCUT2D eigenvalue weighted by Gasteiger charge is -2.38. The Bertz CT molecular complexity index is 377. The zero-order valence-corrected chi connectivity index (χ0v) is 13.9. The van der Waals surface area contributed by atoms with Crippen molar-refractivity contribution >= 4 is 12.0 Å². The summed E-state index contributed by atoms with van der Waals surface area (Å²) < 4.78 is 5.34. The molecule has 0 unspecified atom stereocenters. The van der Waals surface area contributed by atoms with E-state index in [4.69, 9.17) is 10.5 Å². The number of likely N-dealkylation sites (tertiary alicyclic amines) is 1. The topological polar surface area (TPSA) is 75.9 Å². The number of carbonyl (C=O) groups is 2. The number of nitrogens with two attached hydrogens (primary N) is 1. The van der Waals surface area contributed by atoms with Crippen LogP contribution in [-0.4, -0.2) is 59.6 Å². The highest BCUT2D eigenvalue weighted by Crippen LogP contribution is 2.19. The summed E-state index contributed by atoms with van der Waals surface area (Å²) in [5, 5.41) is 0. The molecule has 2 amide bonds. The summed E-state index contributed by atoms with van der Waals surface area (Å²) in [5.41, 5.74) is 5.19. The maximum absolute atomic E-state index is 12.2. The normalized spacial score (nSPS) is 20.9. The van der Waals surface area contributed by atoms with Crippen molar-refractivity contribution in [2.24, 2.45) is 5.73 Å². The first-order valence-corrected chi connectivity index (χ1v) is 7.62. The average molecular weight is 299 g/mol. The molecule has 1 saturated heterocycles. The zero-order valence-electron chi connectivity index (χ0n) is 13.9. The first-order valence-electron chi connectivity index (χ1n) is 7.62. The van der Waals surface area contributed by atoms with Crippen LogP contribution in [0.15, 0.2) is 0 Å². The smallest absolute Gasteiger partial charge is 0.410 e. The van der Waals surface area contributed by atoms with Gasteiger partial charge in [-0.1, -0.05) is 0 Å². The second kappa shape index (κ2) is 7.11. The predicted octanol–water partition coefficient (Wildman–Crippen LogP) is 1.58. The molecule has 0 bridgehead atoms. The standard InChI is InChI=1S/C15H29N3O3/c1-11(16)13(19)18-9-7-6-8-12(18)10-17(5)14(20)21-15(2,3)4/h11-12H,6-10,16H2,1-5H3/t11-,12-/m0/s1. The molecule has 1 heterocycles. The molecule has 0 aliphatic carbocycles. The Kier molecular flexibility index (Phi) is 6.01. The van der Waals surface area contributed by atoms with Gasteiger partial charge in [-0.3, -0.25) is 4.79 Å². The molecule has 21 heavy (non-hydrogen) atoms. The van der Waals surface area contributed by atoms with E-state index in [9.17, 15) is 9.59 Å². The van der Waals surface area contributed by atoms with Gasteiger partial charge in [0.15, 0.2) is 0 Å². The first-order chi connectivity index (χ1) is 9.61. The van der Waals surface area contributed by atoms with E-state index in [2.05, 4.69) is 0 Å². The third-order valence-corrected chi connectivity index (χ3v) is 3.49. The minimum atomic E-state index is -0.515. The number of hydrogen-bond acceptors (Lipinski definition) is 4. The lowest BCUT2D eigenvalue weighted by molar-refractivity contribution is -0.136. The monoisotopic (exact) mass is 299 g/mol. The lowest BCUT2D eigenvalue weighted by Crippen LogP contribution is -2.54. The number of piperidine rings is 1. The van der Waals surface area contributed by atoms with Crippen LogP contribution >= 0.6 is 0 Å². The third-order valence-electron chi connectivity index (χ3n) is 3.49. The van der Waals surface area contributed by atoms with Gasteiger partial charge in [-0.05, 0) is 47.0 Å². The first kappa shape index (κ1) is 17.8. The Balaban J connectivity index is 2.65. The van der Waals surface area contributed by atoms with Crippen LogP contribution in [0.5, 0.6) is 0 Å². The molecule has 6 nitrogen and oxygen atoms in total. The fourth-order valence-electron chi connectivity index (χ4n) is 2.47. The van der Waals surface area contributed by atoms with E-state index in [0.717, 1.165) is 19.3 Å². The largest absolute Gasteiger partial charge is 0.444 e. The Labute approximate surface area is 127 Å². The molecule has 1 fully saturated rings. The molecule has 2 atom stereocenters. The number of rotatable bonds is 3. The van der Waals surface area contributed by atoms with Crippen molar-refractivity contribution in [3.8, 4) is 0 Å². The van der Waals surface area contributed by atoms with E-state index in [1.54, 1.807) is 18.9 Å². The Morgan fingerprint density at radius 1 is 1.38 bits per heavy atom. The molecule has 1 aliphatic rings. The second-order valence-electron chi connectivity index (χ2n) is 6.83. The molecule has 6 heteroatoms. The molecule has 0 saturated carbocycles. The van der Waals surface area contributed by atoms with Crippen molar-refractivity contribution in [1.82, 2.24) is 9.80 Å². The molecule has 1 aliphatic heterocycles. The fraction of sp³-hybridized carbons (Fsp3) is 0.867. The van der Waals surface area contributed by atoms with Gasteiger partial charge in [0.25, 0.3) is 0 Å². The summed E-state index contributed by atoms with van der Waals surface area (Å²) in [6.45, 7) is 8.41. The molecule has 1 rings (SSSR count). The number of nitrogens with zero attached hydrogens (tertiary/aromatic N) is 2. The van der Waals surface area contributed by atoms with Crippen molar-refractivity contribution in [3.05, 3.63) is 0 Å². The van der Waals surface area contributed by atoms with Gasteiger partial charge < -0.3 is 20.3 Å². The summed E-state index contributed by atoms with van der Waals surface area (Å²) >= 11 is 0. The quantitative estimate of drug-likeness (QED) is 0.858. The van der Waals surface area contributed by atoms with Gasteiger partial charge in [0.05, 0.1) is 6.04 Å². The van der Waals surface area contributed by atoms with Crippen LogP contribution in [0.2, 0.25) is 0 Å². The Morgan fingerprint density at radius 2 is 2.00 bits per heavy atom. The summed E-state index contributed by atoms with van der Waals surface area (Å²) in [5.74, 6) is -0.0442. The van der Waals surface area contributed by atoms with E-state index in [1.165, 1.54) is 0 Å². The highest BCUT2D eigenvalue weighted by molar-refractivity contribution is 5.81. The van der Waals surface area contributed by atoms with Crippen LogP contribution in [0.25, 0.3) is 0 Å². The third kappa shape index (κ3) is 5.53. The van der Waals surface area contributed by atoms with Crippen molar-refractivity contribution < 1.29 is 14.3 Å². The summed E-state index contributed by atoms with van der Waals surface area (Å²) in [4.78, 5) is 27.5. The molecular weight excluding hydrogens is 270 g/mol. The average Bonchev–Trinajstić information content (AvgIpc) is 2.36. The molecule has 0 aromatic heterocycles. The maximum atomic E-state index is 12.2. The summed E-state index contributed by atoms with van der Waals surface area (Å²) in [7, 11) is 1.71. The number of ether oxygens (including phenoxy) is 1. The molecule has 0 aromatic carbocycles. The molecular formula is C15H29N3O3. The predicted molar refractivity (Wildman–Crippen MR) is 81.9 cm³/mol. The van der Waals surface area contributed by atoms with Gasteiger partial charge in [0.2, 0.25) is 5.91 Å². The second-order valence-corrected chi connectivity index (χ2v) is 6.83. The minimum absolute atomic E-state index is 0.0229. The van der Waals surface area contributed by atoms with Crippen molar-refractivity contribution in [1.29, 1.82) is 0 Å². The van der Waals surface area contributed by atoms with Crippen LogP contribution in [-0.2, 0) is 9.53 Å². The van der Waals surface area contributed by atoms with E-state index in [-0.39, 0.29) is 18.0 Å². The number of carbonyl (C=O) groups excluding carboxylic acids is 2. The highest BCUT2D eigenvalue weighted by Gasteiger charge is 2.31. The van der Waals surface area contributed by atoms with Crippen molar-refractivity contribution in [3.63, 3.8) is 0 Å². The van der Waals surface area contributed by atoms with E-state index < -0.39 is 11.6 Å². The summed E-state index contributed by atoms with van der Waals surface area (Å²) in [6, 6.07) is -0.479. The van der Waals surface area contributed by atoms with Crippen LogP contribution in [0.3, 0.4) is 0 Å². The van der Waals surface area contributed by atoms with Crippen LogP contribution in [0.4, 0.5) is 4.79 Å². The molecule has 0 radical (unpaired) electrons. The molecule has 122 valence electrons. The number of amides is 2. The van der Waals surface area contributed by atoms with E-state index in [1.807, 2.05) is 25.7 Å². The summed E-state index contributed by atoms with van der Waals surface area (Å²) in [6.07, 6.45) is 2.59. The maximum Gasteiger partial charge on any atom is 0.410 e. The lowest BCUT2D eigenvalue weighted by atomic mass is 10.0.